The van der Waals surface area contributed by atoms with Crippen LogP contribution in [0.25, 0.3) is 0 Å². The molecular weight excluding hydrogens is 234 g/mol. The molecule has 1 aromatic rings. The molecule has 1 atom stereocenters. The van der Waals surface area contributed by atoms with E-state index in [2.05, 4.69) is 46.8 Å². The first-order chi connectivity index (χ1) is 9.01. The van der Waals surface area contributed by atoms with Crippen molar-refractivity contribution in [1.29, 1.82) is 0 Å². The van der Waals surface area contributed by atoms with Gasteiger partial charge in [-0.1, -0.05) is 39.8 Å². The van der Waals surface area contributed by atoms with Crippen LogP contribution < -0.4 is 0 Å². The molecule has 0 spiro atoms. The Balaban J connectivity index is 2.90. The molecule has 0 aromatic heterocycles. The highest BCUT2D eigenvalue weighted by atomic mass is 16.2. The molecule has 106 valence electrons. The molecule has 1 aromatic carbocycles. The third-order valence-corrected chi connectivity index (χ3v) is 3.67. The zero-order chi connectivity index (χ0) is 14.4. The van der Waals surface area contributed by atoms with Crippen molar-refractivity contribution in [2.45, 2.75) is 59.4 Å². The van der Waals surface area contributed by atoms with E-state index in [1.807, 2.05) is 17.0 Å². The average molecular weight is 261 g/mol. The van der Waals surface area contributed by atoms with Gasteiger partial charge in [0.2, 0.25) is 0 Å². The van der Waals surface area contributed by atoms with Gasteiger partial charge in [-0.05, 0) is 43.4 Å². The van der Waals surface area contributed by atoms with E-state index in [9.17, 15) is 4.79 Å². The SMILES string of the molecule is CCCN(C(=O)c1ccc(C(C)C)cc1)C(C)CC. The van der Waals surface area contributed by atoms with Crippen LogP contribution in [0.2, 0.25) is 0 Å². The van der Waals surface area contributed by atoms with Gasteiger partial charge in [0.25, 0.3) is 5.91 Å². The second kappa shape index (κ2) is 7.32. The summed E-state index contributed by atoms with van der Waals surface area (Å²) >= 11 is 0. The number of hydrogen-bond donors (Lipinski definition) is 0. The smallest absolute Gasteiger partial charge is 0.254 e. The third kappa shape index (κ3) is 4.09. The van der Waals surface area contributed by atoms with Gasteiger partial charge < -0.3 is 4.90 Å². The molecule has 0 radical (unpaired) electrons. The van der Waals surface area contributed by atoms with Crippen molar-refractivity contribution in [2.75, 3.05) is 6.54 Å². The molecule has 0 aliphatic carbocycles. The van der Waals surface area contributed by atoms with Gasteiger partial charge in [0.1, 0.15) is 0 Å². The van der Waals surface area contributed by atoms with Gasteiger partial charge in [0.05, 0.1) is 0 Å². The Labute approximate surface area is 117 Å². The predicted octanol–water partition coefficient (Wildman–Crippen LogP) is 4.46. The van der Waals surface area contributed by atoms with Crippen LogP contribution >= 0.6 is 0 Å². The third-order valence-electron chi connectivity index (χ3n) is 3.67. The van der Waals surface area contributed by atoms with Crippen LogP contribution in [0, 0.1) is 0 Å². The van der Waals surface area contributed by atoms with Crippen molar-refractivity contribution in [2.24, 2.45) is 0 Å². The monoisotopic (exact) mass is 261 g/mol. The molecule has 2 nitrogen and oxygen atoms in total. The van der Waals surface area contributed by atoms with E-state index in [-0.39, 0.29) is 5.91 Å². The lowest BCUT2D eigenvalue weighted by Crippen LogP contribution is -2.38. The molecule has 0 bridgehead atoms. The van der Waals surface area contributed by atoms with Crippen molar-refractivity contribution >= 4 is 5.91 Å². The second-order valence-corrected chi connectivity index (χ2v) is 5.53. The zero-order valence-corrected chi connectivity index (χ0v) is 12.9. The molecule has 1 unspecified atom stereocenters. The van der Waals surface area contributed by atoms with Gasteiger partial charge >= 0.3 is 0 Å². The van der Waals surface area contributed by atoms with Crippen molar-refractivity contribution < 1.29 is 4.79 Å². The van der Waals surface area contributed by atoms with Gasteiger partial charge in [-0.2, -0.15) is 0 Å². The summed E-state index contributed by atoms with van der Waals surface area (Å²) in [4.78, 5) is 14.5. The summed E-state index contributed by atoms with van der Waals surface area (Å²) < 4.78 is 0. The maximum absolute atomic E-state index is 12.5. The Morgan fingerprint density at radius 2 is 1.68 bits per heavy atom. The van der Waals surface area contributed by atoms with Gasteiger partial charge in [-0.25, -0.2) is 0 Å². The number of benzene rings is 1. The van der Waals surface area contributed by atoms with Crippen molar-refractivity contribution in [1.82, 2.24) is 4.90 Å². The molecule has 0 aliphatic rings. The number of rotatable bonds is 6. The summed E-state index contributed by atoms with van der Waals surface area (Å²) in [6.07, 6.45) is 2.00. The van der Waals surface area contributed by atoms with Gasteiger partial charge in [-0.15, -0.1) is 0 Å². The number of carbonyl (C=O) groups excluding carboxylic acids is 1. The molecule has 0 N–H and O–H groups in total. The number of amides is 1. The Morgan fingerprint density at radius 3 is 2.11 bits per heavy atom. The minimum absolute atomic E-state index is 0.159. The largest absolute Gasteiger partial charge is 0.336 e. The van der Waals surface area contributed by atoms with Crippen LogP contribution in [0.1, 0.15) is 69.3 Å². The highest BCUT2D eigenvalue weighted by Crippen LogP contribution is 2.17. The van der Waals surface area contributed by atoms with Crippen LogP contribution in [0.15, 0.2) is 24.3 Å². The summed E-state index contributed by atoms with van der Waals surface area (Å²) in [6.45, 7) is 11.5. The zero-order valence-electron chi connectivity index (χ0n) is 12.9. The first kappa shape index (κ1) is 15.7. The van der Waals surface area contributed by atoms with Crippen molar-refractivity contribution in [3.8, 4) is 0 Å². The van der Waals surface area contributed by atoms with Crippen LogP contribution in [0.3, 0.4) is 0 Å². The van der Waals surface area contributed by atoms with E-state index >= 15 is 0 Å². The second-order valence-electron chi connectivity index (χ2n) is 5.53. The molecule has 0 heterocycles. The maximum atomic E-state index is 12.5. The molecule has 1 rings (SSSR count). The fraction of sp³-hybridized carbons (Fsp3) is 0.588. The molecule has 0 aliphatic heterocycles. The fourth-order valence-electron chi connectivity index (χ4n) is 2.16. The van der Waals surface area contributed by atoms with E-state index < -0.39 is 0 Å². The maximum Gasteiger partial charge on any atom is 0.254 e. The molecule has 0 fully saturated rings. The lowest BCUT2D eigenvalue weighted by Gasteiger charge is -2.28. The Morgan fingerprint density at radius 1 is 1.11 bits per heavy atom. The van der Waals surface area contributed by atoms with Crippen LogP contribution in [-0.4, -0.2) is 23.4 Å². The highest BCUT2D eigenvalue weighted by molar-refractivity contribution is 5.94. The lowest BCUT2D eigenvalue weighted by molar-refractivity contribution is 0.0688. The molecule has 19 heavy (non-hydrogen) atoms. The molecule has 2 heteroatoms. The summed E-state index contributed by atoms with van der Waals surface area (Å²) in [5.74, 6) is 0.664. The van der Waals surface area contributed by atoms with Crippen molar-refractivity contribution in [3.63, 3.8) is 0 Å². The summed E-state index contributed by atoms with van der Waals surface area (Å²) in [6, 6.07) is 8.36. The molecule has 0 saturated carbocycles. The number of hydrogen-bond acceptors (Lipinski definition) is 1. The van der Waals surface area contributed by atoms with E-state index in [1.165, 1.54) is 5.56 Å². The molecule has 1 amide bonds. The topological polar surface area (TPSA) is 20.3 Å². The van der Waals surface area contributed by atoms with E-state index in [4.69, 9.17) is 0 Å². The molecular formula is C17H27NO. The summed E-state index contributed by atoms with van der Waals surface area (Å²) in [5, 5.41) is 0. The van der Waals surface area contributed by atoms with Gasteiger partial charge in [-0.3, -0.25) is 4.79 Å². The van der Waals surface area contributed by atoms with Crippen LogP contribution in [0.4, 0.5) is 0 Å². The predicted molar refractivity (Wildman–Crippen MR) is 81.6 cm³/mol. The fourth-order valence-corrected chi connectivity index (χ4v) is 2.16. The Hall–Kier alpha value is -1.31. The van der Waals surface area contributed by atoms with Crippen LogP contribution in [0.5, 0.6) is 0 Å². The average Bonchev–Trinajstić information content (AvgIpc) is 2.43. The van der Waals surface area contributed by atoms with E-state index in [1.54, 1.807) is 0 Å². The lowest BCUT2D eigenvalue weighted by atomic mass is 10.0. The Bertz CT molecular complexity index is 394. The minimum Gasteiger partial charge on any atom is -0.336 e. The number of carbonyl (C=O) groups is 1. The van der Waals surface area contributed by atoms with Gasteiger partial charge in [0.15, 0.2) is 0 Å². The van der Waals surface area contributed by atoms with Crippen molar-refractivity contribution in [3.05, 3.63) is 35.4 Å². The summed E-state index contributed by atoms with van der Waals surface area (Å²) in [5.41, 5.74) is 2.08. The van der Waals surface area contributed by atoms with Crippen LogP contribution in [-0.2, 0) is 0 Å². The first-order valence-electron chi connectivity index (χ1n) is 7.42. The highest BCUT2D eigenvalue weighted by Gasteiger charge is 2.19. The summed E-state index contributed by atoms with van der Waals surface area (Å²) in [7, 11) is 0. The minimum atomic E-state index is 0.159. The first-order valence-corrected chi connectivity index (χ1v) is 7.42. The quantitative estimate of drug-likeness (QED) is 0.740. The van der Waals surface area contributed by atoms with Gasteiger partial charge in [0, 0.05) is 18.2 Å². The normalized spacial score (nSPS) is 12.5. The number of nitrogens with zero attached hydrogens (tertiary/aromatic N) is 1. The standard InChI is InChI=1S/C17H27NO/c1-6-12-18(14(5)7-2)17(19)16-10-8-15(9-11-16)13(3)4/h8-11,13-14H,6-7,12H2,1-5H3. The Kier molecular flexibility index (Phi) is 6.07. The molecule has 0 saturated heterocycles. The van der Waals surface area contributed by atoms with E-state index in [0.717, 1.165) is 24.9 Å². The van der Waals surface area contributed by atoms with E-state index in [0.29, 0.717) is 12.0 Å².